The molecule has 7 heteroatoms. The number of carboxylic acids is 1. The summed E-state index contributed by atoms with van der Waals surface area (Å²) in [4.78, 5) is 38.3. The largest absolute Gasteiger partial charge is 0.480 e. The van der Waals surface area contributed by atoms with E-state index in [1.807, 2.05) is 0 Å². The second kappa shape index (κ2) is 6.55. The second-order valence-electron chi connectivity index (χ2n) is 7.19. The number of hydrogen-bond donors (Lipinski definition) is 1. The highest BCUT2D eigenvalue weighted by Gasteiger charge is 2.47. The van der Waals surface area contributed by atoms with E-state index >= 15 is 0 Å². The number of likely N-dealkylation sites (tertiary alicyclic amines) is 1. The molecule has 1 aliphatic carbocycles. The van der Waals surface area contributed by atoms with Crippen molar-refractivity contribution in [2.75, 3.05) is 0 Å². The first-order valence-electron chi connectivity index (χ1n) is 9.05. The summed E-state index contributed by atoms with van der Waals surface area (Å²) in [6.45, 7) is -0.0617. The van der Waals surface area contributed by atoms with Crippen molar-refractivity contribution >= 4 is 22.8 Å². The second-order valence-corrected chi connectivity index (χ2v) is 7.19. The molecule has 26 heavy (non-hydrogen) atoms. The maximum absolute atomic E-state index is 13.0. The summed E-state index contributed by atoms with van der Waals surface area (Å²) in [6.07, 6.45) is 5.70. The van der Waals surface area contributed by atoms with Crippen molar-refractivity contribution in [3.05, 3.63) is 40.7 Å². The van der Waals surface area contributed by atoms with Crippen LogP contribution in [0.4, 0.5) is 0 Å². The molecule has 1 N–H and O–H groups in total. The number of aromatic nitrogens is 2. The molecule has 7 nitrogen and oxygen atoms in total. The normalized spacial score (nSPS) is 25.2. The number of hydrogen-bond acceptors (Lipinski definition) is 4. The van der Waals surface area contributed by atoms with Crippen LogP contribution in [-0.2, 0) is 16.1 Å². The smallest absolute Gasteiger partial charge is 0.326 e. The molecule has 0 bridgehead atoms. The van der Waals surface area contributed by atoms with Crippen LogP contribution in [0.2, 0.25) is 0 Å². The van der Waals surface area contributed by atoms with Crippen molar-refractivity contribution in [3.63, 3.8) is 0 Å². The van der Waals surface area contributed by atoms with E-state index < -0.39 is 12.0 Å². The lowest BCUT2D eigenvalue weighted by Gasteiger charge is -2.33. The van der Waals surface area contributed by atoms with Crippen LogP contribution in [0.25, 0.3) is 10.9 Å². The van der Waals surface area contributed by atoms with Gasteiger partial charge in [-0.25, -0.2) is 4.79 Å². The number of para-hydroxylation sites is 1. The molecule has 1 aromatic carbocycles. The number of rotatable bonds is 3. The van der Waals surface area contributed by atoms with Crippen LogP contribution < -0.4 is 5.43 Å². The van der Waals surface area contributed by atoms with Crippen molar-refractivity contribution in [1.82, 2.24) is 14.7 Å². The maximum Gasteiger partial charge on any atom is 0.326 e. The van der Waals surface area contributed by atoms with Gasteiger partial charge in [-0.05, 0) is 37.3 Å². The number of benzene rings is 1. The highest BCUT2D eigenvalue weighted by Crippen LogP contribution is 2.40. The standard InChI is InChI=1S/C19H21N3O4/c23-17-10-20-21(15-8-4-2-6-13(15)17)11-18(24)22-14-7-3-1-5-12(14)9-16(22)19(25)26/h2,4,6,8,10,12,14,16H,1,3,5,7,9,11H2,(H,25,26). The van der Waals surface area contributed by atoms with E-state index in [0.29, 0.717) is 17.3 Å². The minimum absolute atomic E-state index is 0.00277. The van der Waals surface area contributed by atoms with Crippen molar-refractivity contribution in [2.24, 2.45) is 5.92 Å². The van der Waals surface area contributed by atoms with Gasteiger partial charge in [0.05, 0.1) is 11.7 Å². The predicted molar refractivity (Wildman–Crippen MR) is 94.6 cm³/mol. The van der Waals surface area contributed by atoms with Gasteiger partial charge in [0.15, 0.2) is 0 Å². The van der Waals surface area contributed by atoms with Crippen LogP contribution in [0.1, 0.15) is 32.1 Å². The summed E-state index contributed by atoms with van der Waals surface area (Å²) in [6, 6.07) is 6.25. The number of nitrogens with zero attached hydrogens (tertiary/aromatic N) is 3. The number of fused-ring (bicyclic) bond motifs is 2. The lowest BCUT2D eigenvalue weighted by atomic mass is 9.85. The Bertz CT molecular complexity index is 922. The zero-order valence-electron chi connectivity index (χ0n) is 14.4. The summed E-state index contributed by atoms with van der Waals surface area (Å²) in [5, 5.41) is 14.2. The molecule has 2 aromatic rings. The minimum atomic E-state index is -0.939. The third kappa shape index (κ3) is 2.77. The summed E-state index contributed by atoms with van der Waals surface area (Å²) in [5.74, 6) is -0.911. The van der Waals surface area contributed by atoms with Gasteiger partial charge in [-0.3, -0.25) is 14.3 Å². The van der Waals surface area contributed by atoms with Gasteiger partial charge in [-0.2, -0.15) is 5.10 Å². The Morgan fingerprint density at radius 3 is 2.77 bits per heavy atom. The molecule has 3 atom stereocenters. The molecule has 2 aliphatic rings. The Balaban J connectivity index is 1.66. The number of amides is 1. The van der Waals surface area contributed by atoms with E-state index in [9.17, 15) is 19.5 Å². The summed E-state index contributed by atoms with van der Waals surface area (Å²) in [5.41, 5.74) is 0.390. The van der Waals surface area contributed by atoms with E-state index in [1.54, 1.807) is 29.2 Å². The van der Waals surface area contributed by atoms with E-state index in [4.69, 9.17) is 0 Å². The van der Waals surface area contributed by atoms with Gasteiger partial charge in [0, 0.05) is 11.4 Å². The molecule has 0 radical (unpaired) electrons. The summed E-state index contributed by atoms with van der Waals surface area (Å²) in [7, 11) is 0. The van der Waals surface area contributed by atoms with Crippen molar-refractivity contribution < 1.29 is 14.7 Å². The molecular weight excluding hydrogens is 334 g/mol. The average Bonchev–Trinajstić information content (AvgIpc) is 3.04. The van der Waals surface area contributed by atoms with Crippen molar-refractivity contribution in [2.45, 2.75) is 50.7 Å². The molecular formula is C19H21N3O4. The van der Waals surface area contributed by atoms with Gasteiger partial charge in [-0.15, -0.1) is 0 Å². The topological polar surface area (TPSA) is 92.5 Å². The molecule has 0 spiro atoms. The molecule has 1 saturated heterocycles. The SMILES string of the molecule is O=C(O)C1CC2CCCCC2N1C(=O)Cn1ncc(=O)c2ccccc21. The monoisotopic (exact) mass is 355 g/mol. The molecule has 136 valence electrons. The van der Waals surface area contributed by atoms with Gasteiger partial charge in [0.1, 0.15) is 12.6 Å². The molecule has 3 unspecified atom stereocenters. The van der Waals surface area contributed by atoms with Crippen LogP contribution >= 0.6 is 0 Å². The Morgan fingerprint density at radius 1 is 1.19 bits per heavy atom. The fraction of sp³-hybridized carbons (Fsp3) is 0.474. The Labute approximate surface area is 150 Å². The molecule has 1 aliphatic heterocycles. The summed E-state index contributed by atoms with van der Waals surface area (Å²) < 4.78 is 1.49. The molecule has 2 fully saturated rings. The summed E-state index contributed by atoms with van der Waals surface area (Å²) >= 11 is 0. The lowest BCUT2D eigenvalue weighted by Crippen LogP contribution is -2.47. The third-order valence-electron chi connectivity index (χ3n) is 5.71. The Kier molecular flexibility index (Phi) is 4.22. The average molecular weight is 355 g/mol. The van der Waals surface area contributed by atoms with Gasteiger partial charge < -0.3 is 10.0 Å². The van der Waals surface area contributed by atoms with Crippen LogP contribution in [0.5, 0.6) is 0 Å². The fourth-order valence-electron chi connectivity index (χ4n) is 4.54. The minimum Gasteiger partial charge on any atom is -0.480 e. The van der Waals surface area contributed by atoms with Crippen LogP contribution in [-0.4, -0.2) is 43.7 Å². The lowest BCUT2D eigenvalue weighted by molar-refractivity contribution is -0.150. The quantitative estimate of drug-likeness (QED) is 0.904. The number of carbonyl (C=O) groups excluding carboxylic acids is 1. The highest BCUT2D eigenvalue weighted by atomic mass is 16.4. The molecule has 1 aromatic heterocycles. The maximum atomic E-state index is 13.0. The van der Waals surface area contributed by atoms with E-state index in [-0.39, 0.29) is 29.8 Å². The Morgan fingerprint density at radius 2 is 1.96 bits per heavy atom. The van der Waals surface area contributed by atoms with Crippen molar-refractivity contribution in [3.8, 4) is 0 Å². The first kappa shape index (κ1) is 16.8. The number of carbonyl (C=O) groups is 2. The zero-order chi connectivity index (χ0) is 18.3. The van der Waals surface area contributed by atoms with Gasteiger partial charge in [-0.1, -0.05) is 25.0 Å². The van der Waals surface area contributed by atoms with Crippen LogP contribution in [0.15, 0.2) is 35.3 Å². The molecule has 4 rings (SSSR count). The predicted octanol–water partition coefficient (Wildman–Crippen LogP) is 1.64. The molecule has 1 saturated carbocycles. The highest BCUT2D eigenvalue weighted by molar-refractivity contribution is 5.86. The first-order valence-corrected chi connectivity index (χ1v) is 9.05. The van der Waals surface area contributed by atoms with Gasteiger partial charge >= 0.3 is 5.97 Å². The number of carboxylic acid groups (broad SMARTS) is 1. The molecule has 1 amide bonds. The zero-order valence-corrected chi connectivity index (χ0v) is 14.4. The van der Waals surface area contributed by atoms with Gasteiger partial charge in [0.25, 0.3) is 0 Å². The van der Waals surface area contributed by atoms with Crippen LogP contribution in [0.3, 0.4) is 0 Å². The van der Waals surface area contributed by atoms with Gasteiger partial charge in [0.2, 0.25) is 11.3 Å². The van der Waals surface area contributed by atoms with E-state index in [0.717, 1.165) is 25.7 Å². The van der Waals surface area contributed by atoms with Crippen LogP contribution in [0, 0.1) is 5.92 Å². The van der Waals surface area contributed by atoms with E-state index in [2.05, 4.69) is 5.10 Å². The van der Waals surface area contributed by atoms with E-state index in [1.165, 1.54) is 10.9 Å². The number of aliphatic carboxylic acids is 1. The van der Waals surface area contributed by atoms with Crippen molar-refractivity contribution in [1.29, 1.82) is 0 Å². The molecule has 2 heterocycles. The first-order chi connectivity index (χ1) is 12.6. The Hall–Kier alpha value is -2.70. The fourth-order valence-corrected chi connectivity index (χ4v) is 4.54. The third-order valence-corrected chi connectivity index (χ3v) is 5.71.